The lowest BCUT2D eigenvalue weighted by atomic mass is 9.79. The van der Waals surface area contributed by atoms with Gasteiger partial charge < -0.3 is 9.47 Å². The summed E-state index contributed by atoms with van der Waals surface area (Å²) in [5.74, 6) is 1.85. The number of hydrogen-bond donors (Lipinski definition) is 0. The SMILES string of the molecule is CCOc1ccc2c(c1)CCC(C(=O)c1ccccc1)=C2c1ccc(OCCN2CCCCC2)cc1. The number of ketones is 1. The second-order valence-corrected chi connectivity index (χ2v) is 9.58. The van der Waals surface area contributed by atoms with Gasteiger partial charge in [0.05, 0.1) is 6.61 Å². The molecule has 1 fully saturated rings. The van der Waals surface area contributed by atoms with Crippen molar-refractivity contribution in [2.75, 3.05) is 32.8 Å². The summed E-state index contributed by atoms with van der Waals surface area (Å²) < 4.78 is 11.8. The first-order valence-corrected chi connectivity index (χ1v) is 13.3. The highest BCUT2D eigenvalue weighted by atomic mass is 16.5. The molecule has 3 aromatic rings. The number of benzene rings is 3. The summed E-state index contributed by atoms with van der Waals surface area (Å²) in [5.41, 5.74) is 6.01. The van der Waals surface area contributed by atoms with Gasteiger partial charge in [0.15, 0.2) is 5.78 Å². The number of rotatable bonds is 9. The zero-order chi connectivity index (χ0) is 24.7. The normalized spacial score (nSPS) is 15.9. The lowest BCUT2D eigenvalue weighted by Crippen LogP contribution is -2.33. The van der Waals surface area contributed by atoms with Gasteiger partial charge in [-0.05, 0) is 92.2 Å². The molecule has 1 saturated heterocycles. The maximum absolute atomic E-state index is 13.6. The van der Waals surface area contributed by atoms with Crippen molar-refractivity contribution >= 4 is 11.4 Å². The zero-order valence-corrected chi connectivity index (χ0v) is 21.2. The van der Waals surface area contributed by atoms with E-state index in [0.717, 1.165) is 52.3 Å². The third-order valence-corrected chi connectivity index (χ3v) is 7.18. The average molecular weight is 482 g/mol. The summed E-state index contributed by atoms with van der Waals surface area (Å²) in [7, 11) is 0. The molecule has 0 amide bonds. The van der Waals surface area contributed by atoms with Crippen LogP contribution in [0.4, 0.5) is 0 Å². The molecule has 0 bridgehead atoms. The highest BCUT2D eigenvalue weighted by Crippen LogP contribution is 2.39. The van der Waals surface area contributed by atoms with E-state index in [0.29, 0.717) is 19.6 Å². The fourth-order valence-corrected chi connectivity index (χ4v) is 5.34. The molecule has 0 unspecified atom stereocenters. The Morgan fingerprint density at radius 1 is 0.833 bits per heavy atom. The first kappa shape index (κ1) is 24.3. The number of carbonyl (C=O) groups is 1. The van der Waals surface area contributed by atoms with Gasteiger partial charge in [-0.15, -0.1) is 0 Å². The van der Waals surface area contributed by atoms with Crippen LogP contribution in [0.15, 0.2) is 78.4 Å². The van der Waals surface area contributed by atoms with Gasteiger partial charge in [0, 0.05) is 17.7 Å². The van der Waals surface area contributed by atoms with Crippen molar-refractivity contribution in [2.24, 2.45) is 0 Å². The summed E-state index contributed by atoms with van der Waals surface area (Å²) >= 11 is 0. The molecule has 3 aromatic carbocycles. The lowest BCUT2D eigenvalue weighted by molar-refractivity contribution is 0.103. The molecule has 4 heteroatoms. The van der Waals surface area contributed by atoms with Gasteiger partial charge >= 0.3 is 0 Å². The predicted octanol–water partition coefficient (Wildman–Crippen LogP) is 6.58. The lowest BCUT2D eigenvalue weighted by Gasteiger charge is -2.26. The maximum Gasteiger partial charge on any atom is 0.189 e. The number of nitrogens with zero attached hydrogens (tertiary/aromatic N) is 1. The van der Waals surface area contributed by atoms with E-state index in [9.17, 15) is 4.79 Å². The van der Waals surface area contributed by atoms with Crippen LogP contribution >= 0.6 is 0 Å². The average Bonchev–Trinajstić information content (AvgIpc) is 2.94. The van der Waals surface area contributed by atoms with Gasteiger partial charge in [-0.25, -0.2) is 0 Å². The first-order chi connectivity index (χ1) is 17.7. The number of ether oxygens (including phenoxy) is 2. The molecule has 0 radical (unpaired) electrons. The monoisotopic (exact) mass is 481 g/mol. The number of carbonyl (C=O) groups excluding carboxylic acids is 1. The molecule has 36 heavy (non-hydrogen) atoms. The standard InChI is InChI=1S/C32H35NO3/c1-2-35-28-16-18-29-26(23-28)13-17-30(32(34)25-9-5-3-6-10-25)31(29)24-11-14-27(15-12-24)36-22-21-33-19-7-4-8-20-33/h3,5-6,9-12,14-16,18,23H,2,4,7-8,13,17,19-22H2,1H3. The molecular weight excluding hydrogens is 446 g/mol. The molecule has 0 saturated carbocycles. The van der Waals surface area contributed by atoms with Crippen molar-refractivity contribution in [3.63, 3.8) is 0 Å². The topological polar surface area (TPSA) is 38.8 Å². The minimum atomic E-state index is 0.104. The minimum absolute atomic E-state index is 0.104. The van der Waals surface area contributed by atoms with Gasteiger partial charge in [-0.1, -0.05) is 55.0 Å². The van der Waals surface area contributed by atoms with Gasteiger partial charge in [-0.3, -0.25) is 9.69 Å². The highest BCUT2D eigenvalue weighted by molar-refractivity contribution is 6.15. The van der Waals surface area contributed by atoms with Crippen LogP contribution in [0.5, 0.6) is 11.5 Å². The maximum atomic E-state index is 13.6. The molecule has 186 valence electrons. The molecule has 0 aromatic heterocycles. The van der Waals surface area contributed by atoms with Crippen LogP contribution in [0.1, 0.15) is 59.7 Å². The van der Waals surface area contributed by atoms with Crippen molar-refractivity contribution < 1.29 is 14.3 Å². The second-order valence-electron chi connectivity index (χ2n) is 9.58. The van der Waals surface area contributed by atoms with E-state index in [4.69, 9.17) is 9.47 Å². The van der Waals surface area contributed by atoms with E-state index in [1.165, 1.54) is 37.9 Å². The number of hydrogen-bond acceptors (Lipinski definition) is 4. The van der Waals surface area contributed by atoms with E-state index in [-0.39, 0.29) is 5.78 Å². The molecule has 1 aliphatic carbocycles. The smallest absolute Gasteiger partial charge is 0.189 e. The molecule has 5 rings (SSSR count). The number of piperidine rings is 1. The fraction of sp³-hybridized carbons (Fsp3) is 0.344. The summed E-state index contributed by atoms with van der Waals surface area (Å²) in [6.45, 7) is 6.66. The van der Waals surface area contributed by atoms with Crippen LogP contribution in [0.25, 0.3) is 5.57 Å². The van der Waals surface area contributed by atoms with Crippen molar-refractivity contribution in [2.45, 2.75) is 39.0 Å². The van der Waals surface area contributed by atoms with Crippen LogP contribution in [0.3, 0.4) is 0 Å². The van der Waals surface area contributed by atoms with Crippen LogP contribution in [-0.2, 0) is 6.42 Å². The van der Waals surface area contributed by atoms with E-state index in [1.54, 1.807) is 0 Å². The van der Waals surface area contributed by atoms with Crippen molar-refractivity contribution in [3.8, 4) is 11.5 Å². The third-order valence-electron chi connectivity index (χ3n) is 7.18. The predicted molar refractivity (Wildman–Crippen MR) is 145 cm³/mol. The second kappa shape index (κ2) is 11.6. The van der Waals surface area contributed by atoms with Gasteiger partial charge in [0.2, 0.25) is 0 Å². The summed E-state index contributed by atoms with van der Waals surface area (Å²) in [6.07, 6.45) is 5.47. The Labute approximate surface area is 214 Å². The number of fused-ring (bicyclic) bond motifs is 1. The van der Waals surface area contributed by atoms with Crippen LogP contribution < -0.4 is 9.47 Å². The first-order valence-electron chi connectivity index (χ1n) is 13.3. The molecule has 0 N–H and O–H groups in total. The summed E-state index contributed by atoms with van der Waals surface area (Å²) in [4.78, 5) is 16.1. The van der Waals surface area contributed by atoms with Crippen molar-refractivity contribution in [1.29, 1.82) is 0 Å². The van der Waals surface area contributed by atoms with Crippen molar-refractivity contribution in [3.05, 3.63) is 101 Å². The molecule has 0 atom stereocenters. The summed E-state index contributed by atoms with van der Waals surface area (Å²) in [5, 5.41) is 0. The van der Waals surface area contributed by atoms with Gasteiger partial charge in [0.25, 0.3) is 0 Å². The molecule has 1 aliphatic heterocycles. The van der Waals surface area contributed by atoms with Crippen LogP contribution in [0.2, 0.25) is 0 Å². The Bertz CT molecular complexity index is 1210. The Hall–Kier alpha value is -3.37. The number of Topliss-reactive ketones (excluding diaryl/α,β-unsaturated/α-hetero) is 1. The largest absolute Gasteiger partial charge is 0.494 e. The molecule has 4 nitrogen and oxygen atoms in total. The Morgan fingerprint density at radius 2 is 1.58 bits per heavy atom. The van der Waals surface area contributed by atoms with Gasteiger partial charge in [-0.2, -0.15) is 0 Å². The van der Waals surface area contributed by atoms with Crippen molar-refractivity contribution in [1.82, 2.24) is 4.90 Å². The molecule has 0 spiro atoms. The number of aryl methyl sites for hydroxylation is 1. The zero-order valence-electron chi connectivity index (χ0n) is 21.2. The molecule has 1 heterocycles. The van der Waals surface area contributed by atoms with Crippen LogP contribution in [-0.4, -0.2) is 43.5 Å². The third kappa shape index (κ3) is 5.55. The molecule has 2 aliphatic rings. The summed E-state index contributed by atoms with van der Waals surface area (Å²) in [6, 6.07) is 24.1. The fourth-order valence-electron chi connectivity index (χ4n) is 5.34. The van der Waals surface area contributed by atoms with Gasteiger partial charge in [0.1, 0.15) is 18.1 Å². The number of allylic oxidation sites excluding steroid dienone is 1. The number of likely N-dealkylation sites (tertiary alicyclic amines) is 1. The Balaban J connectivity index is 1.43. The highest BCUT2D eigenvalue weighted by Gasteiger charge is 2.26. The quantitative estimate of drug-likeness (QED) is 0.324. The van der Waals surface area contributed by atoms with Crippen LogP contribution in [0, 0.1) is 0 Å². The van der Waals surface area contributed by atoms with E-state index in [2.05, 4.69) is 29.2 Å². The Morgan fingerprint density at radius 3 is 2.33 bits per heavy atom. The van der Waals surface area contributed by atoms with E-state index >= 15 is 0 Å². The van der Waals surface area contributed by atoms with E-state index in [1.807, 2.05) is 55.5 Å². The van der Waals surface area contributed by atoms with E-state index < -0.39 is 0 Å². The minimum Gasteiger partial charge on any atom is -0.494 e. The Kier molecular flexibility index (Phi) is 7.82. The molecular formula is C32H35NO3.